The first-order valence-electron chi connectivity index (χ1n) is 10.3. The molecule has 150 valence electrons. The molecule has 5 nitrogen and oxygen atoms in total. The van der Waals surface area contributed by atoms with Crippen molar-refractivity contribution in [1.82, 2.24) is 19.8 Å². The Morgan fingerprint density at radius 2 is 2.04 bits per heavy atom. The van der Waals surface area contributed by atoms with Crippen LogP contribution < -0.4 is 5.32 Å². The molecule has 0 spiro atoms. The van der Waals surface area contributed by atoms with Gasteiger partial charge in [-0.25, -0.2) is 0 Å². The minimum absolute atomic E-state index is 0.0747. The van der Waals surface area contributed by atoms with E-state index in [4.69, 9.17) is 17.0 Å². The molecule has 2 aliphatic rings. The molecule has 0 radical (unpaired) electrons. The van der Waals surface area contributed by atoms with E-state index in [2.05, 4.69) is 51.8 Å². The normalized spacial score (nSPS) is 22.8. The van der Waals surface area contributed by atoms with Crippen molar-refractivity contribution in [1.29, 1.82) is 0 Å². The molecule has 1 saturated carbocycles. The van der Waals surface area contributed by atoms with Crippen molar-refractivity contribution >= 4 is 17.3 Å². The summed E-state index contributed by atoms with van der Waals surface area (Å²) in [5, 5.41) is 4.48. The van der Waals surface area contributed by atoms with Gasteiger partial charge in [0.25, 0.3) is 0 Å². The molecule has 2 aromatic rings. The Bertz CT molecular complexity index is 829. The molecule has 28 heavy (non-hydrogen) atoms. The zero-order chi connectivity index (χ0) is 19.7. The summed E-state index contributed by atoms with van der Waals surface area (Å²) in [6.45, 7) is 5.99. The van der Waals surface area contributed by atoms with E-state index in [9.17, 15) is 0 Å². The van der Waals surface area contributed by atoms with Gasteiger partial charge >= 0.3 is 0 Å². The Labute approximate surface area is 173 Å². The summed E-state index contributed by atoms with van der Waals surface area (Å²) in [6, 6.07) is 9.24. The highest BCUT2D eigenvalue weighted by molar-refractivity contribution is 7.80. The molecule has 0 amide bonds. The van der Waals surface area contributed by atoms with Gasteiger partial charge < -0.3 is 19.5 Å². The van der Waals surface area contributed by atoms with E-state index >= 15 is 0 Å². The highest BCUT2D eigenvalue weighted by atomic mass is 32.1. The lowest BCUT2D eigenvalue weighted by Crippen LogP contribution is -2.37. The maximum absolute atomic E-state index is 5.84. The van der Waals surface area contributed by atoms with E-state index in [1.165, 1.54) is 42.6 Å². The van der Waals surface area contributed by atoms with Crippen LogP contribution in [0.15, 0.2) is 30.5 Å². The summed E-state index contributed by atoms with van der Waals surface area (Å²) in [5.41, 5.74) is 4.98. The molecule has 2 fully saturated rings. The van der Waals surface area contributed by atoms with Gasteiger partial charge in [0.1, 0.15) is 0 Å². The van der Waals surface area contributed by atoms with Gasteiger partial charge in [-0.05, 0) is 62.7 Å². The van der Waals surface area contributed by atoms with E-state index in [1.807, 2.05) is 12.3 Å². The Kier molecular flexibility index (Phi) is 5.69. The first-order chi connectivity index (χ1) is 13.6. The summed E-state index contributed by atoms with van der Waals surface area (Å²) in [7, 11) is 1.76. The number of thiocarbonyl (C=S) groups is 1. The average molecular weight is 399 g/mol. The first kappa shape index (κ1) is 19.4. The van der Waals surface area contributed by atoms with E-state index < -0.39 is 0 Å². The first-order valence-corrected chi connectivity index (χ1v) is 10.7. The zero-order valence-electron chi connectivity index (χ0n) is 17.0. The number of nitrogens with one attached hydrogen (secondary N) is 1. The highest BCUT2D eigenvalue weighted by Gasteiger charge is 2.44. The molecular formula is C22H30N4OS. The van der Waals surface area contributed by atoms with Gasteiger partial charge in [-0.15, -0.1) is 0 Å². The van der Waals surface area contributed by atoms with Gasteiger partial charge in [0.05, 0.1) is 24.4 Å². The summed E-state index contributed by atoms with van der Waals surface area (Å²) >= 11 is 5.84. The lowest BCUT2D eigenvalue weighted by molar-refractivity contribution is 0.186. The molecule has 2 aromatic heterocycles. The van der Waals surface area contributed by atoms with Crippen LogP contribution in [0.4, 0.5) is 0 Å². The molecule has 4 rings (SSSR count). The molecule has 2 atom stereocenters. The van der Waals surface area contributed by atoms with Crippen molar-refractivity contribution in [3.63, 3.8) is 0 Å². The Balaban J connectivity index is 1.77. The molecule has 1 aliphatic carbocycles. The predicted octanol–water partition coefficient (Wildman–Crippen LogP) is 4.06. The highest BCUT2D eigenvalue weighted by Crippen LogP contribution is 2.44. The quantitative estimate of drug-likeness (QED) is 0.743. The van der Waals surface area contributed by atoms with E-state index in [1.54, 1.807) is 7.11 Å². The van der Waals surface area contributed by atoms with Crippen LogP contribution in [-0.2, 0) is 11.3 Å². The van der Waals surface area contributed by atoms with Crippen molar-refractivity contribution in [2.24, 2.45) is 0 Å². The average Bonchev–Trinajstić information content (AvgIpc) is 3.40. The molecule has 0 aromatic carbocycles. The van der Waals surface area contributed by atoms with Crippen LogP contribution in [0.3, 0.4) is 0 Å². The zero-order valence-corrected chi connectivity index (χ0v) is 17.8. The summed E-state index contributed by atoms with van der Waals surface area (Å²) in [6.07, 6.45) is 6.89. The number of aryl methyl sites for hydroxylation is 1. The monoisotopic (exact) mass is 398 g/mol. The van der Waals surface area contributed by atoms with Crippen molar-refractivity contribution in [3.05, 3.63) is 53.1 Å². The number of hydrogen-bond acceptors (Lipinski definition) is 3. The van der Waals surface area contributed by atoms with Gasteiger partial charge in [0.2, 0.25) is 0 Å². The van der Waals surface area contributed by atoms with E-state index in [0.717, 1.165) is 17.4 Å². The van der Waals surface area contributed by atoms with Crippen molar-refractivity contribution in [2.45, 2.75) is 64.2 Å². The Morgan fingerprint density at radius 1 is 1.25 bits per heavy atom. The number of nitrogens with zero attached hydrogens (tertiary/aromatic N) is 3. The number of rotatable bonds is 6. The minimum atomic E-state index is 0.0747. The largest absolute Gasteiger partial charge is 0.383 e. The number of hydrogen-bond donors (Lipinski definition) is 1. The molecule has 3 heterocycles. The Hall–Kier alpha value is -1.92. The third-order valence-electron chi connectivity index (χ3n) is 6.30. The topological polar surface area (TPSA) is 42.3 Å². The number of ether oxygens (including phenoxy) is 1. The third kappa shape index (κ3) is 3.44. The second-order valence-corrected chi connectivity index (χ2v) is 8.33. The molecule has 2 unspecified atom stereocenters. The second kappa shape index (κ2) is 8.21. The summed E-state index contributed by atoms with van der Waals surface area (Å²) in [4.78, 5) is 7.14. The molecule has 1 N–H and O–H groups in total. The predicted molar refractivity (Wildman–Crippen MR) is 115 cm³/mol. The van der Waals surface area contributed by atoms with E-state index in [0.29, 0.717) is 12.6 Å². The van der Waals surface area contributed by atoms with Crippen LogP contribution in [0.2, 0.25) is 0 Å². The molecular weight excluding hydrogens is 368 g/mol. The van der Waals surface area contributed by atoms with Crippen LogP contribution in [0.25, 0.3) is 0 Å². The lowest BCUT2D eigenvalue weighted by Gasteiger charge is -2.33. The molecule has 6 heteroatoms. The fourth-order valence-corrected chi connectivity index (χ4v) is 5.32. The summed E-state index contributed by atoms with van der Waals surface area (Å²) < 4.78 is 7.69. The van der Waals surface area contributed by atoms with Crippen LogP contribution in [0, 0.1) is 13.8 Å². The van der Waals surface area contributed by atoms with Crippen LogP contribution >= 0.6 is 12.2 Å². The fraction of sp³-hybridized carbons (Fsp3) is 0.545. The lowest BCUT2D eigenvalue weighted by atomic mass is 9.95. The van der Waals surface area contributed by atoms with Crippen molar-refractivity contribution in [2.75, 3.05) is 13.7 Å². The van der Waals surface area contributed by atoms with Crippen molar-refractivity contribution in [3.8, 4) is 0 Å². The van der Waals surface area contributed by atoms with Crippen LogP contribution in [0.1, 0.15) is 60.4 Å². The van der Waals surface area contributed by atoms with Gasteiger partial charge in [-0.3, -0.25) is 4.98 Å². The molecule has 0 bridgehead atoms. The second-order valence-electron chi connectivity index (χ2n) is 7.94. The maximum Gasteiger partial charge on any atom is 0.170 e. The molecule has 1 aliphatic heterocycles. The SMILES string of the molecule is COCCn1c(C)cc(C2C(c3ccccn3)NC(=S)N2C2CCCC2)c1C. The van der Waals surface area contributed by atoms with Crippen LogP contribution in [0.5, 0.6) is 0 Å². The number of aromatic nitrogens is 2. The Morgan fingerprint density at radius 3 is 2.71 bits per heavy atom. The van der Waals surface area contributed by atoms with Gasteiger partial charge in [-0.1, -0.05) is 18.9 Å². The minimum Gasteiger partial charge on any atom is -0.383 e. The number of pyridine rings is 1. The maximum atomic E-state index is 5.84. The van der Waals surface area contributed by atoms with Crippen molar-refractivity contribution < 1.29 is 4.74 Å². The van der Waals surface area contributed by atoms with Gasteiger partial charge in [-0.2, -0.15) is 0 Å². The van der Waals surface area contributed by atoms with Crippen LogP contribution in [-0.4, -0.2) is 39.3 Å². The third-order valence-corrected chi connectivity index (χ3v) is 6.63. The fourth-order valence-electron chi connectivity index (χ4n) is 4.93. The van der Waals surface area contributed by atoms with E-state index in [-0.39, 0.29) is 12.1 Å². The standard InChI is InChI=1S/C22H30N4OS/c1-15-14-18(16(2)25(15)12-13-27-3)21-20(19-10-6-7-11-23-19)24-22(28)26(21)17-8-4-5-9-17/h6-7,10-11,14,17,20-21H,4-5,8-9,12-13H2,1-3H3,(H,24,28). The molecule has 1 saturated heterocycles. The van der Waals surface area contributed by atoms with Gasteiger partial charge in [0.15, 0.2) is 5.11 Å². The summed E-state index contributed by atoms with van der Waals surface area (Å²) in [5.74, 6) is 0. The number of methoxy groups -OCH3 is 1. The smallest absolute Gasteiger partial charge is 0.170 e. The van der Waals surface area contributed by atoms with Gasteiger partial charge in [0, 0.05) is 37.3 Å².